The maximum Gasteiger partial charge on any atom is 0.460 e. The summed E-state index contributed by atoms with van der Waals surface area (Å²) in [6, 6.07) is 4.90. The van der Waals surface area contributed by atoms with Gasteiger partial charge in [-0.05, 0) is 12.1 Å². The summed E-state index contributed by atoms with van der Waals surface area (Å²) in [7, 11) is -4.65. The zero-order valence-electron chi connectivity index (χ0n) is 12.6. The highest BCUT2D eigenvalue weighted by molar-refractivity contribution is 7.87. The average Bonchev–Trinajstić information content (AvgIpc) is 2.53. The second kappa shape index (κ2) is 6.95. The van der Waals surface area contributed by atoms with E-state index in [0.717, 1.165) is 29.0 Å². The summed E-state index contributed by atoms with van der Waals surface area (Å²) in [5.74, 6) is -31.4. The number of benzene rings is 1. The number of hydrogen-bond acceptors (Lipinski definition) is 1. The minimum Gasteiger partial charge on any atom is -0.300 e. The predicted molar refractivity (Wildman–Crippen MR) is 69.0 cm³/mol. The van der Waals surface area contributed by atoms with E-state index in [1.807, 2.05) is 0 Å². The van der Waals surface area contributed by atoms with E-state index in [4.69, 9.17) is 0 Å². The van der Waals surface area contributed by atoms with E-state index in [2.05, 4.69) is 0 Å². The van der Waals surface area contributed by atoms with Crippen LogP contribution in [0, 0.1) is 0 Å². The average molecular weight is 459 g/mol. The Morgan fingerprint density at radius 1 is 0.607 bits per heavy atom. The zero-order valence-corrected chi connectivity index (χ0v) is 13.4. The molecule has 1 atom stereocenters. The van der Waals surface area contributed by atoms with Crippen LogP contribution in [-0.4, -0.2) is 39.3 Å². The Morgan fingerprint density at radius 2 is 1.00 bits per heavy atom. The van der Waals surface area contributed by atoms with Crippen molar-refractivity contribution in [1.29, 1.82) is 0 Å². The molecule has 0 aromatic heterocycles. The van der Waals surface area contributed by atoms with Gasteiger partial charge in [-0.1, -0.05) is 18.2 Å². The molecule has 1 aromatic carbocycles. The van der Waals surface area contributed by atoms with Crippen LogP contribution in [0.1, 0.15) is 0 Å². The largest absolute Gasteiger partial charge is 0.460 e. The van der Waals surface area contributed by atoms with Crippen LogP contribution in [0.2, 0.25) is 0 Å². The van der Waals surface area contributed by atoms with E-state index in [9.17, 15) is 61.3 Å². The standard InChI is InChI=1S/C12H6F13NOS/c13-7(14,9(17,18)11(21,22)23)8(15,16)10(19,20)12(24,25)28(27)26-6-4-2-1-3-5-6/h1-5,26H. The van der Waals surface area contributed by atoms with E-state index in [1.54, 1.807) is 0 Å². The molecule has 2 nitrogen and oxygen atoms in total. The molecule has 1 unspecified atom stereocenters. The van der Waals surface area contributed by atoms with Crippen LogP contribution >= 0.6 is 0 Å². The van der Waals surface area contributed by atoms with Gasteiger partial charge in [-0.25, -0.2) is 4.21 Å². The first-order valence-electron chi connectivity index (χ1n) is 6.44. The minimum atomic E-state index is -8.03. The molecule has 0 fully saturated rings. The van der Waals surface area contributed by atoms with Gasteiger partial charge < -0.3 is 0 Å². The number of alkyl halides is 13. The Balaban J connectivity index is 3.38. The normalized spacial score (nSPS) is 16.0. The number of halogens is 13. The maximum atomic E-state index is 13.5. The SMILES string of the molecule is O=S(Nc1ccccc1)C(F)(F)C(F)(F)C(F)(F)C(F)(F)C(F)(F)C(F)(F)F. The lowest BCUT2D eigenvalue weighted by Gasteiger charge is -2.39. The summed E-state index contributed by atoms with van der Waals surface area (Å²) in [6.07, 6.45) is -7.49. The molecule has 0 amide bonds. The number of nitrogens with one attached hydrogen (secondary N) is 1. The first-order chi connectivity index (χ1) is 12.2. The van der Waals surface area contributed by atoms with Crippen molar-refractivity contribution in [2.75, 3.05) is 4.72 Å². The summed E-state index contributed by atoms with van der Waals surface area (Å²) in [5, 5.41) is -6.71. The Labute approximate surface area is 149 Å². The summed E-state index contributed by atoms with van der Waals surface area (Å²) in [5.41, 5.74) is -0.674. The lowest BCUT2D eigenvalue weighted by Crippen LogP contribution is -2.70. The molecule has 16 heteroatoms. The lowest BCUT2D eigenvalue weighted by atomic mass is 9.98. The highest BCUT2D eigenvalue weighted by Crippen LogP contribution is 2.60. The van der Waals surface area contributed by atoms with Crippen molar-refractivity contribution in [3.63, 3.8) is 0 Å². The van der Waals surface area contributed by atoms with Gasteiger partial charge in [-0.3, -0.25) is 4.72 Å². The molecule has 0 aliphatic heterocycles. The first kappa shape index (κ1) is 24.3. The summed E-state index contributed by atoms with van der Waals surface area (Å²) >= 11 is 0. The topological polar surface area (TPSA) is 29.1 Å². The molecule has 0 saturated heterocycles. The van der Waals surface area contributed by atoms with Crippen LogP contribution in [0.15, 0.2) is 30.3 Å². The predicted octanol–water partition coefficient (Wildman–Crippen LogP) is 5.46. The van der Waals surface area contributed by atoms with Gasteiger partial charge in [0.25, 0.3) is 0 Å². The number of hydrogen-bond donors (Lipinski definition) is 1. The first-order valence-corrected chi connectivity index (χ1v) is 7.59. The molecule has 0 aliphatic rings. The van der Waals surface area contributed by atoms with Gasteiger partial charge in [0.05, 0.1) is 0 Å². The summed E-state index contributed by atoms with van der Waals surface area (Å²) in [4.78, 5) is 0. The molecule has 1 rings (SSSR count). The number of para-hydroxylation sites is 1. The molecule has 0 spiro atoms. The number of anilines is 1. The fraction of sp³-hybridized carbons (Fsp3) is 0.500. The maximum absolute atomic E-state index is 13.5. The van der Waals surface area contributed by atoms with Crippen LogP contribution in [0.4, 0.5) is 62.8 Å². The van der Waals surface area contributed by atoms with E-state index in [-0.39, 0.29) is 0 Å². The van der Waals surface area contributed by atoms with Crippen molar-refractivity contribution in [3.05, 3.63) is 30.3 Å². The van der Waals surface area contributed by atoms with Gasteiger partial charge in [0, 0.05) is 5.69 Å². The third-order valence-corrected chi connectivity index (χ3v) is 4.26. The molecule has 0 heterocycles. The Hall–Kier alpha value is -1.74. The molecule has 0 saturated carbocycles. The third-order valence-electron chi connectivity index (χ3n) is 3.12. The highest BCUT2D eigenvalue weighted by atomic mass is 32.2. The molecule has 0 radical (unpaired) electrons. The van der Waals surface area contributed by atoms with Crippen molar-refractivity contribution in [2.45, 2.75) is 35.1 Å². The molecule has 28 heavy (non-hydrogen) atoms. The molecule has 1 N–H and O–H groups in total. The lowest BCUT2D eigenvalue weighted by molar-refractivity contribution is -0.433. The van der Waals surface area contributed by atoms with Crippen LogP contribution in [-0.2, 0) is 11.0 Å². The number of rotatable bonds is 7. The Morgan fingerprint density at radius 3 is 1.39 bits per heavy atom. The van der Waals surface area contributed by atoms with Gasteiger partial charge in [-0.2, -0.15) is 57.1 Å². The Bertz CT molecular complexity index is 716. The van der Waals surface area contributed by atoms with E-state index < -0.39 is 51.8 Å². The molecule has 0 aliphatic carbocycles. The van der Waals surface area contributed by atoms with Crippen LogP contribution < -0.4 is 4.72 Å². The fourth-order valence-electron chi connectivity index (χ4n) is 1.55. The highest BCUT2D eigenvalue weighted by Gasteiger charge is 2.91. The van der Waals surface area contributed by atoms with Crippen molar-refractivity contribution in [3.8, 4) is 0 Å². The van der Waals surface area contributed by atoms with Crippen LogP contribution in [0.3, 0.4) is 0 Å². The van der Waals surface area contributed by atoms with E-state index >= 15 is 0 Å². The van der Waals surface area contributed by atoms with E-state index in [1.165, 1.54) is 6.07 Å². The Kier molecular flexibility index (Phi) is 6.03. The van der Waals surface area contributed by atoms with Gasteiger partial charge in [0.1, 0.15) is 0 Å². The van der Waals surface area contributed by atoms with Gasteiger partial charge in [-0.15, -0.1) is 0 Å². The van der Waals surface area contributed by atoms with Crippen LogP contribution in [0.5, 0.6) is 0 Å². The van der Waals surface area contributed by atoms with Crippen LogP contribution in [0.25, 0.3) is 0 Å². The van der Waals surface area contributed by atoms with E-state index in [0.29, 0.717) is 0 Å². The van der Waals surface area contributed by atoms with Gasteiger partial charge in [0.15, 0.2) is 11.0 Å². The van der Waals surface area contributed by atoms with Crippen molar-refractivity contribution in [1.82, 2.24) is 0 Å². The van der Waals surface area contributed by atoms with Gasteiger partial charge in [0.2, 0.25) is 0 Å². The molecule has 1 aromatic rings. The second-order valence-electron chi connectivity index (χ2n) is 5.05. The molecular formula is C12H6F13NOS. The minimum absolute atomic E-state index is 0.674. The zero-order chi connectivity index (χ0) is 22.4. The monoisotopic (exact) mass is 459 g/mol. The summed E-state index contributed by atoms with van der Waals surface area (Å²) in [6.45, 7) is 0. The smallest absolute Gasteiger partial charge is 0.300 e. The van der Waals surface area contributed by atoms with Gasteiger partial charge >= 0.3 is 35.1 Å². The molecular weight excluding hydrogens is 453 g/mol. The molecule has 0 bridgehead atoms. The second-order valence-corrected chi connectivity index (χ2v) is 6.30. The van der Waals surface area contributed by atoms with Crippen molar-refractivity contribution >= 4 is 16.7 Å². The van der Waals surface area contributed by atoms with Crippen molar-refractivity contribution < 1.29 is 61.3 Å². The summed E-state index contributed by atoms with van der Waals surface area (Å²) < 4.78 is 180. The third kappa shape index (κ3) is 3.50. The fourth-order valence-corrected chi connectivity index (χ4v) is 2.39. The van der Waals surface area contributed by atoms with Crippen molar-refractivity contribution in [2.24, 2.45) is 0 Å². The molecule has 162 valence electrons. The quantitative estimate of drug-likeness (QED) is 0.540.